The largest absolute Gasteiger partial charge is 0.381 e. The second-order valence-electron chi connectivity index (χ2n) is 4.83. The number of nitrogens with one attached hydrogen (secondary N) is 3. The standard InChI is InChI=1S/C13H17FN4O2S/c1-8-11(9(2)17-16-8)7-15-10-4-5-12(14)13(6-10)18-21(3,19)20/h4-6,15,18H,7H2,1-3H3,(H,16,17). The molecule has 3 N–H and O–H groups in total. The first-order valence-electron chi connectivity index (χ1n) is 6.28. The van der Waals surface area contributed by atoms with Crippen molar-refractivity contribution in [1.29, 1.82) is 0 Å². The number of anilines is 2. The van der Waals surface area contributed by atoms with Gasteiger partial charge in [-0.15, -0.1) is 0 Å². The predicted octanol–water partition coefficient (Wildman–Crippen LogP) is 2.15. The normalized spacial score (nSPS) is 11.4. The lowest BCUT2D eigenvalue weighted by Gasteiger charge is -2.10. The van der Waals surface area contributed by atoms with Crippen LogP contribution in [0.5, 0.6) is 0 Å². The van der Waals surface area contributed by atoms with Gasteiger partial charge in [0, 0.05) is 23.5 Å². The Bertz CT molecular complexity index is 736. The van der Waals surface area contributed by atoms with E-state index in [2.05, 4.69) is 20.2 Å². The fraction of sp³-hybridized carbons (Fsp3) is 0.308. The van der Waals surface area contributed by atoms with E-state index in [1.807, 2.05) is 13.8 Å². The summed E-state index contributed by atoms with van der Waals surface area (Å²) >= 11 is 0. The number of benzene rings is 1. The molecule has 2 rings (SSSR count). The molecule has 0 bridgehead atoms. The molecule has 0 radical (unpaired) electrons. The van der Waals surface area contributed by atoms with E-state index in [1.165, 1.54) is 12.1 Å². The highest BCUT2D eigenvalue weighted by molar-refractivity contribution is 7.92. The van der Waals surface area contributed by atoms with Gasteiger partial charge in [-0.2, -0.15) is 5.10 Å². The van der Waals surface area contributed by atoms with Crippen molar-refractivity contribution >= 4 is 21.4 Å². The average molecular weight is 312 g/mol. The highest BCUT2D eigenvalue weighted by Gasteiger charge is 2.10. The Morgan fingerprint density at radius 2 is 2.05 bits per heavy atom. The van der Waals surface area contributed by atoms with Gasteiger partial charge in [0.1, 0.15) is 5.82 Å². The molecule has 1 aromatic heterocycles. The lowest BCUT2D eigenvalue weighted by Crippen LogP contribution is -2.11. The quantitative estimate of drug-likeness (QED) is 0.789. The minimum atomic E-state index is -3.52. The zero-order valence-corrected chi connectivity index (χ0v) is 12.8. The molecular formula is C13H17FN4O2S. The van der Waals surface area contributed by atoms with Crippen LogP contribution in [-0.4, -0.2) is 24.9 Å². The zero-order chi connectivity index (χ0) is 15.6. The number of H-pyrrole nitrogens is 1. The molecule has 0 saturated carbocycles. The van der Waals surface area contributed by atoms with Crippen LogP contribution in [0.25, 0.3) is 0 Å². The maximum atomic E-state index is 13.6. The average Bonchev–Trinajstić information content (AvgIpc) is 2.69. The van der Waals surface area contributed by atoms with Crippen LogP contribution in [0.2, 0.25) is 0 Å². The lowest BCUT2D eigenvalue weighted by atomic mass is 10.2. The van der Waals surface area contributed by atoms with Crippen molar-refractivity contribution in [3.05, 3.63) is 41.0 Å². The summed E-state index contributed by atoms with van der Waals surface area (Å²) in [6.07, 6.45) is 0.977. The molecular weight excluding hydrogens is 295 g/mol. The van der Waals surface area contributed by atoms with Crippen LogP contribution in [0, 0.1) is 19.7 Å². The van der Waals surface area contributed by atoms with Crippen LogP contribution < -0.4 is 10.0 Å². The van der Waals surface area contributed by atoms with Gasteiger partial charge in [-0.05, 0) is 32.0 Å². The second kappa shape index (κ2) is 5.72. The molecule has 0 unspecified atom stereocenters. The van der Waals surface area contributed by atoms with Crippen molar-refractivity contribution in [2.75, 3.05) is 16.3 Å². The number of sulfonamides is 1. The Labute approximate surface area is 122 Å². The van der Waals surface area contributed by atoms with Crippen LogP contribution in [0.1, 0.15) is 17.0 Å². The molecule has 0 saturated heterocycles. The molecule has 8 heteroatoms. The van der Waals surface area contributed by atoms with Gasteiger partial charge in [0.15, 0.2) is 0 Å². The molecule has 0 aliphatic heterocycles. The van der Waals surface area contributed by atoms with Gasteiger partial charge in [0.05, 0.1) is 17.6 Å². The highest BCUT2D eigenvalue weighted by atomic mass is 32.2. The monoisotopic (exact) mass is 312 g/mol. The summed E-state index contributed by atoms with van der Waals surface area (Å²) in [4.78, 5) is 0. The smallest absolute Gasteiger partial charge is 0.229 e. The Balaban J connectivity index is 2.16. The fourth-order valence-corrected chi connectivity index (χ4v) is 2.49. The van der Waals surface area contributed by atoms with Crippen molar-refractivity contribution in [1.82, 2.24) is 10.2 Å². The molecule has 6 nitrogen and oxygen atoms in total. The molecule has 1 heterocycles. The minimum Gasteiger partial charge on any atom is -0.381 e. The second-order valence-corrected chi connectivity index (χ2v) is 6.58. The molecule has 0 aliphatic carbocycles. The van der Waals surface area contributed by atoms with E-state index in [9.17, 15) is 12.8 Å². The molecule has 2 aromatic rings. The molecule has 1 aromatic carbocycles. The first kappa shape index (κ1) is 15.3. The number of nitrogens with zero attached hydrogens (tertiary/aromatic N) is 1. The molecule has 0 fully saturated rings. The number of rotatable bonds is 5. The number of aromatic nitrogens is 2. The predicted molar refractivity (Wildman–Crippen MR) is 80.3 cm³/mol. The first-order valence-corrected chi connectivity index (χ1v) is 8.17. The first-order chi connectivity index (χ1) is 9.76. The van der Waals surface area contributed by atoms with Crippen molar-refractivity contribution in [3.8, 4) is 0 Å². The van der Waals surface area contributed by atoms with Crippen LogP contribution in [0.3, 0.4) is 0 Å². The lowest BCUT2D eigenvalue weighted by molar-refractivity contribution is 0.604. The number of hydrogen-bond acceptors (Lipinski definition) is 4. The van der Waals surface area contributed by atoms with Gasteiger partial charge >= 0.3 is 0 Å². The van der Waals surface area contributed by atoms with E-state index in [4.69, 9.17) is 0 Å². The summed E-state index contributed by atoms with van der Waals surface area (Å²) < 4.78 is 38.1. The molecule has 0 atom stereocenters. The Kier molecular flexibility index (Phi) is 4.17. The zero-order valence-electron chi connectivity index (χ0n) is 12.0. The van der Waals surface area contributed by atoms with E-state index >= 15 is 0 Å². The number of hydrogen-bond donors (Lipinski definition) is 3. The van der Waals surface area contributed by atoms with Gasteiger partial charge in [0.25, 0.3) is 0 Å². The third-order valence-electron chi connectivity index (χ3n) is 3.01. The third-order valence-corrected chi connectivity index (χ3v) is 3.60. The molecule has 0 amide bonds. The van der Waals surface area contributed by atoms with Crippen molar-refractivity contribution in [3.63, 3.8) is 0 Å². The van der Waals surface area contributed by atoms with Crippen molar-refractivity contribution < 1.29 is 12.8 Å². The third kappa shape index (κ3) is 3.94. The summed E-state index contributed by atoms with van der Waals surface area (Å²) in [6, 6.07) is 4.18. The summed E-state index contributed by atoms with van der Waals surface area (Å²) in [7, 11) is -3.52. The van der Waals surface area contributed by atoms with Gasteiger partial charge in [-0.3, -0.25) is 9.82 Å². The van der Waals surface area contributed by atoms with Crippen molar-refractivity contribution in [2.24, 2.45) is 0 Å². The van der Waals surface area contributed by atoms with Crippen LogP contribution >= 0.6 is 0 Å². The maximum Gasteiger partial charge on any atom is 0.229 e. The van der Waals surface area contributed by atoms with E-state index in [1.54, 1.807) is 6.07 Å². The molecule has 21 heavy (non-hydrogen) atoms. The van der Waals surface area contributed by atoms with Gasteiger partial charge in [-0.1, -0.05) is 0 Å². The highest BCUT2D eigenvalue weighted by Crippen LogP contribution is 2.21. The summed E-state index contributed by atoms with van der Waals surface area (Å²) in [5, 5.41) is 10.1. The van der Waals surface area contributed by atoms with Crippen molar-refractivity contribution in [2.45, 2.75) is 20.4 Å². The van der Waals surface area contributed by atoms with E-state index in [0.29, 0.717) is 12.2 Å². The van der Waals surface area contributed by atoms with E-state index in [0.717, 1.165) is 23.2 Å². The van der Waals surface area contributed by atoms with Gasteiger partial charge in [0.2, 0.25) is 10.0 Å². The summed E-state index contributed by atoms with van der Waals surface area (Å²) in [5.41, 5.74) is 3.40. The van der Waals surface area contributed by atoms with Crippen LogP contribution in [0.4, 0.5) is 15.8 Å². The fourth-order valence-electron chi connectivity index (χ4n) is 1.94. The number of aromatic amines is 1. The van der Waals surface area contributed by atoms with Crippen LogP contribution in [0.15, 0.2) is 18.2 Å². The Morgan fingerprint density at radius 1 is 1.33 bits per heavy atom. The van der Waals surface area contributed by atoms with Crippen LogP contribution in [-0.2, 0) is 16.6 Å². The summed E-state index contributed by atoms with van der Waals surface area (Å²) in [5.74, 6) is -0.623. The Hall–Kier alpha value is -2.09. The SMILES string of the molecule is Cc1n[nH]c(C)c1CNc1ccc(F)c(NS(C)(=O)=O)c1. The van der Waals surface area contributed by atoms with Gasteiger partial charge in [-0.25, -0.2) is 12.8 Å². The Morgan fingerprint density at radius 3 is 2.62 bits per heavy atom. The van der Waals surface area contributed by atoms with Gasteiger partial charge < -0.3 is 5.32 Å². The topological polar surface area (TPSA) is 86.9 Å². The molecule has 0 aliphatic rings. The van der Waals surface area contributed by atoms with E-state index < -0.39 is 15.8 Å². The minimum absolute atomic E-state index is 0.0804. The summed E-state index contributed by atoms with van der Waals surface area (Å²) in [6.45, 7) is 4.32. The van der Waals surface area contributed by atoms with E-state index in [-0.39, 0.29) is 5.69 Å². The molecule has 114 valence electrons. The molecule has 0 spiro atoms. The number of aryl methyl sites for hydroxylation is 2. The number of halogens is 1. The maximum absolute atomic E-state index is 13.6.